The van der Waals surface area contributed by atoms with E-state index in [-0.39, 0.29) is 12.0 Å². The Morgan fingerprint density at radius 3 is 2.52 bits per heavy atom. The molecule has 0 radical (unpaired) electrons. The zero-order valence-electron chi connectivity index (χ0n) is 14.9. The van der Waals surface area contributed by atoms with E-state index in [0.29, 0.717) is 24.4 Å². The molecule has 0 atom stereocenters. The van der Waals surface area contributed by atoms with E-state index < -0.39 is 0 Å². The Bertz CT molecular complexity index is 721. The number of nitrogens with zero attached hydrogens (tertiary/aromatic N) is 1. The summed E-state index contributed by atoms with van der Waals surface area (Å²) in [7, 11) is 1.61. The number of aryl methyl sites for hydroxylation is 1. The van der Waals surface area contributed by atoms with E-state index in [4.69, 9.17) is 9.47 Å². The minimum atomic E-state index is 0.0605. The molecule has 1 aliphatic rings. The molecule has 0 saturated carbocycles. The molecule has 0 bridgehead atoms. The van der Waals surface area contributed by atoms with Gasteiger partial charge in [-0.25, -0.2) is 0 Å². The van der Waals surface area contributed by atoms with Crippen LogP contribution in [0.4, 0.5) is 0 Å². The van der Waals surface area contributed by atoms with Crippen molar-refractivity contribution < 1.29 is 14.3 Å². The van der Waals surface area contributed by atoms with Gasteiger partial charge in [0.25, 0.3) is 5.91 Å². The Kier molecular flexibility index (Phi) is 5.59. The molecule has 0 spiro atoms. The maximum atomic E-state index is 12.6. The first-order valence-corrected chi connectivity index (χ1v) is 8.88. The number of rotatable bonds is 5. The zero-order chi connectivity index (χ0) is 17.6. The van der Waals surface area contributed by atoms with Gasteiger partial charge in [0.15, 0.2) is 0 Å². The number of carbonyl (C=O) groups is 1. The minimum Gasteiger partial charge on any atom is -0.497 e. The van der Waals surface area contributed by atoms with Crippen molar-refractivity contribution in [2.45, 2.75) is 32.3 Å². The number of likely N-dealkylation sites (tertiary alicyclic amines) is 1. The Balaban J connectivity index is 1.56. The minimum absolute atomic E-state index is 0.0605. The summed E-state index contributed by atoms with van der Waals surface area (Å²) in [6, 6.07) is 15.6. The number of piperidine rings is 1. The monoisotopic (exact) mass is 339 g/mol. The Morgan fingerprint density at radius 1 is 1.08 bits per heavy atom. The predicted molar refractivity (Wildman–Crippen MR) is 98.4 cm³/mol. The van der Waals surface area contributed by atoms with E-state index in [2.05, 4.69) is 19.1 Å². The van der Waals surface area contributed by atoms with Gasteiger partial charge in [0.05, 0.1) is 7.11 Å². The summed E-state index contributed by atoms with van der Waals surface area (Å²) in [6.07, 6.45) is 2.88. The number of carbonyl (C=O) groups excluding carboxylic acids is 1. The second kappa shape index (κ2) is 8.06. The summed E-state index contributed by atoms with van der Waals surface area (Å²) >= 11 is 0. The molecule has 4 heteroatoms. The van der Waals surface area contributed by atoms with Crippen LogP contribution < -0.4 is 9.47 Å². The molecule has 0 aromatic heterocycles. The maximum absolute atomic E-state index is 12.6. The first-order chi connectivity index (χ1) is 12.2. The van der Waals surface area contributed by atoms with E-state index in [1.54, 1.807) is 13.2 Å². The third kappa shape index (κ3) is 4.32. The molecular formula is C21H25NO3. The number of ether oxygens (including phenoxy) is 2. The van der Waals surface area contributed by atoms with E-state index >= 15 is 0 Å². The lowest BCUT2D eigenvalue weighted by atomic mass is 10.1. The molecular weight excluding hydrogens is 314 g/mol. The van der Waals surface area contributed by atoms with Crippen LogP contribution >= 0.6 is 0 Å². The SMILES string of the molecule is CCc1cccc(OC2CCN(C(=O)c3cccc(OC)c3)CC2)c1. The van der Waals surface area contributed by atoms with Gasteiger partial charge in [-0.3, -0.25) is 4.79 Å². The number of amides is 1. The smallest absolute Gasteiger partial charge is 0.253 e. The molecule has 1 amide bonds. The van der Waals surface area contributed by atoms with Crippen LogP contribution in [0.15, 0.2) is 48.5 Å². The van der Waals surface area contributed by atoms with Crippen molar-refractivity contribution >= 4 is 5.91 Å². The third-order valence-corrected chi connectivity index (χ3v) is 4.66. The molecule has 2 aromatic rings. The van der Waals surface area contributed by atoms with Crippen LogP contribution in [-0.4, -0.2) is 37.1 Å². The van der Waals surface area contributed by atoms with Gasteiger partial charge in [-0.1, -0.05) is 25.1 Å². The van der Waals surface area contributed by atoms with E-state index in [9.17, 15) is 4.79 Å². The molecule has 0 aliphatic carbocycles. The summed E-state index contributed by atoms with van der Waals surface area (Å²) < 4.78 is 11.3. The zero-order valence-corrected chi connectivity index (χ0v) is 14.9. The van der Waals surface area contributed by atoms with Crippen LogP contribution in [-0.2, 0) is 6.42 Å². The van der Waals surface area contributed by atoms with Crippen LogP contribution in [0.25, 0.3) is 0 Å². The van der Waals surface area contributed by atoms with Gasteiger partial charge < -0.3 is 14.4 Å². The normalized spacial score (nSPS) is 15.0. The van der Waals surface area contributed by atoms with Gasteiger partial charge in [-0.2, -0.15) is 0 Å². The lowest BCUT2D eigenvalue weighted by Gasteiger charge is -2.32. The molecule has 132 valence electrons. The molecule has 25 heavy (non-hydrogen) atoms. The van der Waals surface area contributed by atoms with Crippen molar-refractivity contribution in [1.82, 2.24) is 4.90 Å². The lowest BCUT2D eigenvalue weighted by Crippen LogP contribution is -2.41. The van der Waals surface area contributed by atoms with Crippen molar-refractivity contribution in [1.29, 1.82) is 0 Å². The highest BCUT2D eigenvalue weighted by Gasteiger charge is 2.25. The molecule has 0 N–H and O–H groups in total. The van der Waals surface area contributed by atoms with Crippen LogP contribution in [0.2, 0.25) is 0 Å². The first kappa shape index (κ1) is 17.3. The standard InChI is InChI=1S/C21H25NO3/c1-3-16-6-4-9-20(14-16)25-18-10-12-22(13-11-18)21(23)17-7-5-8-19(15-17)24-2/h4-9,14-15,18H,3,10-13H2,1-2H3. The maximum Gasteiger partial charge on any atom is 0.253 e. The van der Waals surface area contributed by atoms with Gasteiger partial charge in [0, 0.05) is 31.5 Å². The fraction of sp³-hybridized carbons (Fsp3) is 0.381. The fourth-order valence-electron chi connectivity index (χ4n) is 3.15. The number of hydrogen-bond donors (Lipinski definition) is 0. The average molecular weight is 339 g/mol. The fourth-order valence-corrected chi connectivity index (χ4v) is 3.15. The highest BCUT2D eigenvalue weighted by molar-refractivity contribution is 5.94. The Morgan fingerprint density at radius 2 is 1.80 bits per heavy atom. The molecule has 1 saturated heterocycles. The van der Waals surface area contributed by atoms with Gasteiger partial charge in [0.1, 0.15) is 17.6 Å². The Hall–Kier alpha value is -2.49. The number of benzene rings is 2. The number of hydrogen-bond acceptors (Lipinski definition) is 3. The Labute approximate surface area is 149 Å². The molecule has 1 fully saturated rings. The highest BCUT2D eigenvalue weighted by Crippen LogP contribution is 2.22. The highest BCUT2D eigenvalue weighted by atomic mass is 16.5. The summed E-state index contributed by atoms with van der Waals surface area (Å²) in [6.45, 7) is 3.57. The quantitative estimate of drug-likeness (QED) is 0.828. The summed E-state index contributed by atoms with van der Waals surface area (Å²) in [5, 5.41) is 0. The average Bonchev–Trinajstić information content (AvgIpc) is 2.68. The van der Waals surface area contributed by atoms with Crippen LogP contribution in [0, 0.1) is 0 Å². The largest absolute Gasteiger partial charge is 0.497 e. The predicted octanol–water partition coefficient (Wildman–Crippen LogP) is 3.94. The van der Waals surface area contributed by atoms with E-state index in [0.717, 1.165) is 25.0 Å². The first-order valence-electron chi connectivity index (χ1n) is 8.88. The van der Waals surface area contributed by atoms with Gasteiger partial charge in [-0.15, -0.1) is 0 Å². The second-order valence-corrected chi connectivity index (χ2v) is 6.34. The van der Waals surface area contributed by atoms with Crippen molar-refractivity contribution in [3.63, 3.8) is 0 Å². The van der Waals surface area contributed by atoms with E-state index in [1.807, 2.05) is 35.2 Å². The van der Waals surface area contributed by atoms with Crippen molar-refractivity contribution in [3.05, 3.63) is 59.7 Å². The number of methoxy groups -OCH3 is 1. The molecule has 4 nitrogen and oxygen atoms in total. The topological polar surface area (TPSA) is 38.8 Å². The lowest BCUT2D eigenvalue weighted by molar-refractivity contribution is 0.0595. The van der Waals surface area contributed by atoms with Crippen LogP contribution in [0.1, 0.15) is 35.7 Å². The molecule has 0 unspecified atom stereocenters. The summed E-state index contributed by atoms with van der Waals surface area (Å²) in [5.41, 5.74) is 1.96. The van der Waals surface area contributed by atoms with Crippen molar-refractivity contribution in [2.24, 2.45) is 0 Å². The van der Waals surface area contributed by atoms with Gasteiger partial charge in [-0.05, 0) is 42.3 Å². The second-order valence-electron chi connectivity index (χ2n) is 6.34. The van der Waals surface area contributed by atoms with E-state index in [1.165, 1.54) is 5.56 Å². The van der Waals surface area contributed by atoms with Crippen molar-refractivity contribution in [3.8, 4) is 11.5 Å². The summed E-state index contributed by atoms with van der Waals surface area (Å²) in [4.78, 5) is 14.5. The molecule has 1 heterocycles. The molecule has 2 aromatic carbocycles. The molecule has 3 rings (SSSR count). The third-order valence-electron chi connectivity index (χ3n) is 4.66. The van der Waals surface area contributed by atoms with Crippen molar-refractivity contribution in [2.75, 3.05) is 20.2 Å². The molecule has 1 aliphatic heterocycles. The summed E-state index contributed by atoms with van der Waals surface area (Å²) in [5.74, 6) is 1.70. The van der Waals surface area contributed by atoms with Crippen LogP contribution in [0.5, 0.6) is 11.5 Å². The van der Waals surface area contributed by atoms with Gasteiger partial charge in [0.2, 0.25) is 0 Å². The van der Waals surface area contributed by atoms with Gasteiger partial charge >= 0.3 is 0 Å². The van der Waals surface area contributed by atoms with Crippen LogP contribution in [0.3, 0.4) is 0 Å².